The second-order valence-corrected chi connectivity index (χ2v) is 7.40. The van der Waals surface area contributed by atoms with Gasteiger partial charge in [0.2, 0.25) is 0 Å². The van der Waals surface area contributed by atoms with Gasteiger partial charge < -0.3 is 5.32 Å². The van der Waals surface area contributed by atoms with Crippen molar-refractivity contribution < 1.29 is 18.0 Å². The second-order valence-electron chi connectivity index (χ2n) is 7.14. The molecule has 0 saturated heterocycles. The van der Waals surface area contributed by atoms with Crippen LogP contribution in [0.1, 0.15) is 47.1 Å². The Morgan fingerprint density at radius 3 is 2.80 bits per heavy atom. The molecule has 3 aromatic rings. The molecule has 1 atom stereocenters. The minimum atomic E-state index is -4.31. The molecular formula is C17H19F3N8OS. The van der Waals surface area contributed by atoms with E-state index in [4.69, 9.17) is 0 Å². The number of aryl methyl sites for hydroxylation is 1. The molecule has 160 valence electrons. The van der Waals surface area contributed by atoms with E-state index >= 15 is 0 Å². The van der Waals surface area contributed by atoms with E-state index in [0.717, 1.165) is 29.4 Å². The molecule has 1 aliphatic carbocycles. The molecule has 13 heteroatoms. The van der Waals surface area contributed by atoms with Crippen molar-refractivity contribution in [2.75, 3.05) is 0 Å². The number of carbonyl (C=O) groups is 1. The molecule has 3 heterocycles. The van der Waals surface area contributed by atoms with Crippen LogP contribution in [0.25, 0.3) is 5.65 Å². The molecule has 1 aliphatic rings. The van der Waals surface area contributed by atoms with Gasteiger partial charge in [0.1, 0.15) is 0 Å². The summed E-state index contributed by atoms with van der Waals surface area (Å²) in [6, 6.07) is 2.04. The summed E-state index contributed by atoms with van der Waals surface area (Å²) in [5.74, 6) is -0.00273. The first-order valence-electron chi connectivity index (χ1n) is 9.31. The molecule has 4 rings (SSSR count). The number of nitrogens with zero attached hydrogens (tertiary/aromatic N) is 6. The Balaban J connectivity index is 1.37. The Morgan fingerprint density at radius 2 is 2.10 bits per heavy atom. The third-order valence-corrected chi connectivity index (χ3v) is 5.06. The molecule has 1 fully saturated rings. The van der Waals surface area contributed by atoms with Gasteiger partial charge in [-0.1, -0.05) is 12.8 Å². The molecule has 2 N–H and O–H groups in total. The average molecular weight is 440 g/mol. The highest BCUT2D eigenvalue weighted by atomic mass is 32.1. The number of nitrogens with one attached hydrogen (secondary N) is 2. The predicted octanol–water partition coefficient (Wildman–Crippen LogP) is 2.09. The Morgan fingerprint density at radius 1 is 1.30 bits per heavy atom. The monoisotopic (exact) mass is 440 g/mol. The predicted molar refractivity (Wildman–Crippen MR) is 102 cm³/mol. The first-order chi connectivity index (χ1) is 14.3. The number of amides is 1. The fourth-order valence-corrected chi connectivity index (χ4v) is 3.43. The lowest BCUT2D eigenvalue weighted by Crippen LogP contribution is -2.23. The number of rotatable bonds is 8. The van der Waals surface area contributed by atoms with Crippen molar-refractivity contribution in [1.82, 2.24) is 39.6 Å². The molecule has 1 amide bonds. The molecule has 9 nitrogen and oxygen atoms in total. The van der Waals surface area contributed by atoms with Crippen LogP contribution in [0.2, 0.25) is 0 Å². The van der Waals surface area contributed by atoms with E-state index in [1.165, 1.54) is 0 Å². The van der Waals surface area contributed by atoms with E-state index in [9.17, 15) is 18.0 Å². The van der Waals surface area contributed by atoms with Gasteiger partial charge in [-0.05, 0) is 30.4 Å². The lowest BCUT2D eigenvalue weighted by atomic mass is 10.1. The summed E-state index contributed by atoms with van der Waals surface area (Å²) in [6.45, 7) is -0.329. The van der Waals surface area contributed by atoms with E-state index in [1.54, 1.807) is 16.9 Å². The third kappa shape index (κ3) is 4.90. The number of fused-ring (bicyclic) bond motifs is 1. The molecule has 0 aliphatic heterocycles. The number of carbonyl (C=O) groups excluding carboxylic acids is 1. The fourth-order valence-electron chi connectivity index (χ4n) is 3.07. The molecule has 1 unspecified atom stereocenters. The number of hydrogen-bond acceptors (Lipinski definition) is 7. The number of alkyl halides is 3. The largest absolute Gasteiger partial charge is 0.390 e. The topological polar surface area (TPSA) is 102 Å². The summed E-state index contributed by atoms with van der Waals surface area (Å²) in [4.78, 5) is 17.5. The molecular weight excluding hydrogens is 421 g/mol. The normalized spacial score (nSPS) is 15.5. The Labute approximate surface area is 174 Å². The van der Waals surface area contributed by atoms with Crippen LogP contribution in [0.3, 0.4) is 0 Å². The number of thiol groups is 1. The van der Waals surface area contributed by atoms with Crippen LogP contribution in [-0.2, 0) is 13.1 Å². The molecule has 30 heavy (non-hydrogen) atoms. The van der Waals surface area contributed by atoms with Gasteiger partial charge in [-0.2, -0.15) is 28.2 Å². The zero-order valence-corrected chi connectivity index (χ0v) is 16.6. The maximum atomic E-state index is 12.3. The first kappa shape index (κ1) is 20.6. The number of aromatic nitrogens is 6. The van der Waals surface area contributed by atoms with E-state index in [-0.39, 0.29) is 18.3 Å². The molecule has 0 aromatic carbocycles. The van der Waals surface area contributed by atoms with Gasteiger partial charge in [-0.15, -0.1) is 5.10 Å². The quantitative estimate of drug-likeness (QED) is 0.464. The third-order valence-electron chi connectivity index (χ3n) is 4.78. The number of hydrogen-bond donors (Lipinski definition) is 3. The van der Waals surface area contributed by atoms with E-state index in [2.05, 4.69) is 43.1 Å². The van der Waals surface area contributed by atoms with Gasteiger partial charge in [0, 0.05) is 6.04 Å². The van der Waals surface area contributed by atoms with Crippen molar-refractivity contribution in [3.63, 3.8) is 0 Å². The summed E-state index contributed by atoms with van der Waals surface area (Å²) < 4.78 is 41.4. The lowest BCUT2D eigenvalue weighted by molar-refractivity contribution is -0.137. The molecule has 0 bridgehead atoms. The van der Waals surface area contributed by atoms with Gasteiger partial charge in [0.15, 0.2) is 11.3 Å². The lowest BCUT2D eigenvalue weighted by Gasteiger charge is -2.14. The van der Waals surface area contributed by atoms with Gasteiger partial charge >= 0.3 is 6.18 Å². The zero-order chi connectivity index (χ0) is 21.3. The van der Waals surface area contributed by atoms with Crippen molar-refractivity contribution in [2.24, 2.45) is 5.92 Å². The first-order valence-corrected chi connectivity index (χ1v) is 9.76. The highest BCUT2D eigenvalue weighted by Crippen LogP contribution is 2.41. The number of imidazole rings is 1. The van der Waals surface area contributed by atoms with Gasteiger partial charge in [0.25, 0.3) is 5.91 Å². The summed E-state index contributed by atoms with van der Waals surface area (Å²) in [5.41, 5.74) is 2.16. The van der Waals surface area contributed by atoms with Crippen LogP contribution in [0.15, 0.2) is 24.7 Å². The molecule has 0 spiro atoms. The van der Waals surface area contributed by atoms with Gasteiger partial charge in [0.05, 0.1) is 43.8 Å². The summed E-state index contributed by atoms with van der Waals surface area (Å²) >= 11 is 4.20. The van der Waals surface area contributed by atoms with Gasteiger partial charge in [-0.3, -0.25) is 9.52 Å². The molecule has 1 saturated carbocycles. The van der Waals surface area contributed by atoms with Crippen molar-refractivity contribution in [2.45, 2.75) is 44.6 Å². The van der Waals surface area contributed by atoms with Crippen LogP contribution < -0.4 is 10.0 Å². The van der Waals surface area contributed by atoms with E-state index < -0.39 is 25.0 Å². The smallest absolute Gasteiger partial charge is 0.345 e. The van der Waals surface area contributed by atoms with Crippen LogP contribution in [-0.4, -0.2) is 41.7 Å². The Hall–Kier alpha value is -2.67. The van der Waals surface area contributed by atoms with Crippen molar-refractivity contribution >= 4 is 24.4 Å². The maximum absolute atomic E-state index is 12.3. The van der Waals surface area contributed by atoms with E-state index in [1.807, 2.05) is 6.07 Å². The SMILES string of the molecule is O=C(NCc1cn2ncc(C(NS)C3CC3)cc2n1)c1cnn(CCC(F)(F)F)n1. The van der Waals surface area contributed by atoms with Crippen LogP contribution in [0.5, 0.6) is 0 Å². The molecule has 3 aromatic heterocycles. The van der Waals surface area contributed by atoms with Crippen LogP contribution in [0, 0.1) is 5.92 Å². The minimum absolute atomic E-state index is 0.0616. The van der Waals surface area contributed by atoms with Gasteiger partial charge in [-0.25, -0.2) is 9.50 Å². The van der Waals surface area contributed by atoms with E-state index in [0.29, 0.717) is 17.3 Å². The fraction of sp³-hybridized carbons (Fsp3) is 0.471. The summed E-state index contributed by atoms with van der Waals surface area (Å²) in [6.07, 6.45) is 1.51. The average Bonchev–Trinajstić information content (AvgIpc) is 3.27. The minimum Gasteiger partial charge on any atom is -0.345 e. The van der Waals surface area contributed by atoms with Crippen LogP contribution >= 0.6 is 12.8 Å². The Kier molecular flexibility index (Phi) is 5.64. The highest BCUT2D eigenvalue weighted by molar-refractivity contribution is 7.78. The standard InChI is InChI=1S/C17H19F3N8OS/c18-17(19,20)3-4-28-23-8-13(25-28)16(29)21-7-12-9-27-14(24-12)5-11(6-22-27)15(26-30)10-1-2-10/h5-6,8-10,15,26,30H,1-4,7H2,(H,21,29). The summed E-state index contributed by atoms with van der Waals surface area (Å²) in [7, 11) is 0. The van der Waals surface area contributed by atoms with Crippen molar-refractivity contribution in [3.8, 4) is 0 Å². The number of halogens is 3. The maximum Gasteiger partial charge on any atom is 0.390 e. The van der Waals surface area contributed by atoms with Crippen molar-refractivity contribution in [3.05, 3.63) is 41.6 Å². The Bertz CT molecular complexity index is 1050. The molecule has 0 radical (unpaired) electrons. The highest BCUT2D eigenvalue weighted by Gasteiger charge is 2.32. The van der Waals surface area contributed by atoms with Crippen LogP contribution in [0.4, 0.5) is 13.2 Å². The second kappa shape index (κ2) is 8.22. The zero-order valence-electron chi connectivity index (χ0n) is 15.7. The van der Waals surface area contributed by atoms with Crippen molar-refractivity contribution in [1.29, 1.82) is 0 Å². The summed E-state index contributed by atoms with van der Waals surface area (Å²) in [5, 5.41) is 14.5.